The summed E-state index contributed by atoms with van der Waals surface area (Å²) in [6, 6.07) is 4.79. The van der Waals surface area contributed by atoms with E-state index in [1.807, 2.05) is 20.8 Å². The van der Waals surface area contributed by atoms with Crippen LogP contribution < -0.4 is 0 Å². The molecule has 0 aromatic heterocycles. The summed E-state index contributed by atoms with van der Waals surface area (Å²) in [7, 11) is -7.24. The van der Waals surface area contributed by atoms with Crippen LogP contribution in [-0.2, 0) is 37.9 Å². The highest BCUT2D eigenvalue weighted by atomic mass is 79.9. The first kappa shape index (κ1) is 36.1. The zero-order valence-electron chi connectivity index (χ0n) is 22.2. The lowest BCUT2D eigenvalue weighted by Crippen LogP contribution is -2.41. The number of rotatable bonds is 2. The predicted octanol–water partition coefficient (Wildman–Crippen LogP) is 6.47. The molecular weight excluding hydrogens is 630 g/mol. The SMILES string of the molecule is C.C.CC(C)(C)N1Cc2cc(F)c(Br)cc2S1(=O)=O.CCOC(=O)c1cc2c(cc1F)CN(C(C)(C)C)S2(=O)=O. The van der Waals surface area contributed by atoms with Crippen LogP contribution in [-0.4, -0.2) is 49.1 Å². The molecule has 0 saturated carbocycles. The zero-order chi connectivity index (χ0) is 29.0. The normalized spacial score (nSPS) is 17.4. The fraction of sp³-hybridized carbons (Fsp3) is 0.519. The standard InChI is InChI=1S/C14H18FNO4S.C11H13BrFNO2S.2CH4/c1-5-20-13(17)10-7-12-9(6-11(10)15)8-16(14(2,3)4)21(12,18)19;1-11(2,3)14-6-7-4-9(13)8(12)5-10(7)17(14,15)16;;/h6-7H,5,8H2,1-4H3;4-5H,6H2,1-3H3;2*1H4. The number of nitrogens with zero attached hydrogens (tertiary/aromatic N) is 2. The van der Waals surface area contributed by atoms with Crippen molar-refractivity contribution in [3.63, 3.8) is 0 Å². The summed E-state index contributed by atoms with van der Waals surface area (Å²) in [6.45, 7) is 12.8. The monoisotopic (exact) mass is 668 g/mol. The fourth-order valence-corrected chi connectivity index (χ4v) is 8.64. The van der Waals surface area contributed by atoms with E-state index < -0.39 is 48.7 Å². The third-order valence-electron chi connectivity index (χ3n) is 6.01. The quantitative estimate of drug-likeness (QED) is 0.340. The van der Waals surface area contributed by atoms with Crippen LogP contribution in [0.5, 0.6) is 0 Å². The van der Waals surface area contributed by atoms with Crippen LogP contribution in [0.2, 0.25) is 0 Å². The van der Waals surface area contributed by atoms with Gasteiger partial charge >= 0.3 is 5.97 Å². The van der Waals surface area contributed by atoms with Crippen LogP contribution in [0.4, 0.5) is 8.78 Å². The first-order chi connectivity index (χ1) is 17.2. The highest BCUT2D eigenvalue weighted by Crippen LogP contribution is 2.38. The molecule has 0 saturated heterocycles. The number of hydrogen-bond donors (Lipinski definition) is 0. The van der Waals surface area contributed by atoms with Gasteiger partial charge in [-0.25, -0.2) is 30.4 Å². The van der Waals surface area contributed by atoms with Crippen molar-refractivity contribution in [3.8, 4) is 0 Å². The van der Waals surface area contributed by atoms with Gasteiger partial charge < -0.3 is 4.74 Å². The number of esters is 1. The van der Waals surface area contributed by atoms with E-state index in [2.05, 4.69) is 15.9 Å². The van der Waals surface area contributed by atoms with E-state index in [1.165, 1.54) is 20.7 Å². The molecule has 2 aliphatic heterocycles. The van der Waals surface area contributed by atoms with E-state index in [-0.39, 0.29) is 54.4 Å². The van der Waals surface area contributed by atoms with Crippen LogP contribution in [0.1, 0.15) is 84.8 Å². The van der Waals surface area contributed by atoms with Crippen molar-refractivity contribution in [3.05, 3.63) is 57.1 Å². The van der Waals surface area contributed by atoms with Gasteiger partial charge in [-0.3, -0.25) is 0 Å². The van der Waals surface area contributed by atoms with Crippen molar-refractivity contribution in [2.45, 2.75) is 97.3 Å². The summed E-state index contributed by atoms with van der Waals surface area (Å²) in [5.41, 5.74) is -0.620. The third-order valence-corrected chi connectivity index (χ3v) is 11.0. The maximum absolute atomic E-state index is 14.0. The van der Waals surface area contributed by atoms with Crippen molar-refractivity contribution >= 4 is 41.9 Å². The molecule has 0 N–H and O–H groups in total. The van der Waals surface area contributed by atoms with Crippen LogP contribution in [0.3, 0.4) is 0 Å². The largest absolute Gasteiger partial charge is 0.462 e. The van der Waals surface area contributed by atoms with Crippen LogP contribution in [0.15, 0.2) is 38.5 Å². The summed E-state index contributed by atoms with van der Waals surface area (Å²) in [5.74, 6) is -2.06. The molecular formula is C27H39BrF2N2O6S2. The van der Waals surface area contributed by atoms with Crippen LogP contribution in [0, 0.1) is 11.6 Å². The average Bonchev–Trinajstić information content (AvgIpc) is 3.17. The second-order valence-electron chi connectivity index (χ2n) is 10.9. The lowest BCUT2D eigenvalue weighted by atomic mass is 10.1. The summed E-state index contributed by atoms with van der Waals surface area (Å²) >= 11 is 3.01. The number of hydrogen-bond acceptors (Lipinski definition) is 6. The number of ether oxygens (including phenoxy) is 1. The average molecular weight is 670 g/mol. The molecule has 4 rings (SSSR count). The molecule has 2 aliphatic rings. The molecule has 0 amide bonds. The molecule has 13 heteroatoms. The Morgan fingerprint density at radius 1 is 0.825 bits per heavy atom. The summed E-state index contributed by atoms with van der Waals surface area (Å²) in [6.07, 6.45) is 0. The van der Waals surface area contributed by atoms with Gasteiger partial charge in [0.2, 0.25) is 20.0 Å². The Hall–Kier alpha value is -1.93. The number of carbonyl (C=O) groups excluding carboxylic acids is 1. The van der Waals surface area contributed by atoms with Gasteiger partial charge in [0, 0.05) is 24.2 Å². The lowest BCUT2D eigenvalue weighted by Gasteiger charge is -2.29. The Kier molecular flexibility index (Phi) is 10.9. The van der Waals surface area contributed by atoms with Gasteiger partial charge in [-0.05, 0) is 99.8 Å². The molecule has 40 heavy (non-hydrogen) atoms. The highest BCUT2D eigenvalue weighted by Gasteiger charge is 2.43. The zero-order valence-corrected chi connectivity index (χ0v) is 25.4. The van der Waals surface area contributed by atoms with Gasteiger partial charge in [0.05, 0.1) is 26.4 Å². The van der Waals surface area contributed by atoms with Gasteiger partial charge in [0.15, 0.2) is 0 Å². The minimum atomic E-state index is -3.73. The fourth-order valence-electron chi connectivity index (χ4n) is 4.17. The number of sulfonamides is 2. The molecule has 2 aromatic carbocycles. The molecule has 0 atom stereocenters. The predicted molar refractivity (Wildman–Crippen MR) is 155 cm³/mol. The Morgan fingerprint density at radius 3 is 1.62 bits per heavy atom. The molecule has 0 aliphatic carbocycles. The molecule has 0 bridgehead atoms. The van der Waals surface area contributed by atoms with Crippen molar-refractivity contribution in [2.75, 3.05) is 6.61 Å². The maximum atomic E-state index is 14.0. The van der Waals surface area contributed by atoms with E-state index in [1.54, 1.807) is 27.7 Å². The van der Waals surface area contributed by atoms with E-state index in [0.29, 0.717) is 11.1 Å². The van der Waals surface area contributed by atoms with E-state index in [9.17, 15) is 30.4 Å². The topological polar surface area (TPSA) is 101 Å². The number of benzene rings is 2. The minimum Gasteiger partial charge on any atom is -0.462 e. The summed E-state index contributed by atoms with van der Waals surface area (Å²) in [4.78, 5) is 11.9. The number of carbonyl (C=O) groups is 1. The van der Waals surface area contributed by atoms with Crippen molar-refractivity contribution in [2.24, 2.45) is 0 Å². The van der Waals surface area contributed by atoms with E-state index >= 15 is 0 Å². The molecule has 0 spiro atoms. The Balaban J connectivity index is 0.000000388. The minimum absolute atomic E-state index is 0. The molecule has 2 aromatic rings. The van der Waals surface area contributed by atoms with E-state index in [0.717, 1.165) is 12.1 Å². The second kappa shape index (κ2) is 12.1. The lowest BCUT2D eigenvalue weighted by molar-refractivity contribution is 0.0520. The Labute approximate surface area is 245 Å². The maximum Gasteiger partial charge on any atom is 0.341 e. The molecule has 226 valence electrons. The van der Waals surface area contributed by atoms with Crippen LogP contribution in [0.25, 0.3) is 0 Å². The molecule has 0 radical (unpaired) electrons. The summed E-state index contributed by atoms with van der Waals surface area (Å²) in [5, 5.41) is 0. The van der Waals surface area contributed by atoms with Crippen molar-refractivity contribution < 1.29 is 35.1 Å². The molecule has 0 unspecified atom stereocenters. The van der Waals surface area contributed by atoms with Gasteiger partial charge in [0.1, 0.15) is 11.6 Å². The molecule has 2 heterocycles. The Bertz CT molecular complexity index is 1500. The van der Waals surface area contributed by atoms with Crippen molar-refractivity contribution in [1.29, 1.82) is 0 Å². The smallest absolute Gasteiger partial charge is 0.341 e. The second-order valence-corrected chi connectivity index (χ2v) is 15.4. The van der Waals surface area contributed by atoms with E-state index in [4.69, 9.17) is 4.74 Å². The highest BCUT2D eigenvalue weighted by molar-refractivity contribution is 9.10. The van der Waals surface area contributed by atoms with Gasteiger partial charge in [-0.1, -0.05) is 14.9 Å². The first-order valence-corrected chi connectivity index (χ1v) is 15.4. The first-order valence-electron chi connectivity index (χ1n) is 11.8. The third kappa shape index (κ3) is 6.75. The Morgan fingerprint density at radius 2 is 1.23 bits per heavy atom. The summed E-state index contributed by atoms with van der Waals surface area (Å²) < 4.78 is 84.6. The van der Waals surface area contributed by atoms with Crippen molar-refractivity contribution in [1.82, 2.24) is 8.61 Å². The van der Waals surface area contributed by atoms with Gasteiger partial charge in [-0.2, -0.15) is 8.61 Å². The van der Waals surface area contributed by atoms with Crippen LogP contribution >= 0.6 is 15.9 Å². The van der Waals surface area contributed by atoms with Gasteiger partial charge in [0.25, 0.3) is 0 Å². The number of halogens is 3. The molecule has 0 fully saturated rings. The molecule has 8 nitrogen and oxygen atoms in total. The van der Waals surface area contributed by atoms with Gasteiger partial charge in [-0.15, -0.1) is 0 Å². The number of fused-ring (bicyclic) bond motifs is 2.